The average Bonchev–Trinajstić information content (AvgIpc) is 3.38. The summed E-state index contributed by atoms with van der Waals surface area (Å²) >= 11 is 0. The number of fused-ring (bicyclic) bond motifs is 1. The Morgan fingerprint density at radius 1 is 1.04 bits per heavy atom. The van der Waals surface area contributed by atoms with Crippen molar-refractivity contribution in [3.05, 3.63) is 54.4 Å². The Balaban J connectivity index is 1.55. The van der Waals surface area contributed by atoms with Crippen molar-refractivity contribution >= 4 is 11.0 Å². The molecule has 1 saturated carbocycles. The van der Waals surface area contributed by atoms with Crippen molar-refractivity contribution in [3.8, 4) is 11.5 Å². The summed E-state index contributed by atoms with van der Waals surface area (Å²) in [5.41, 5.74) is 2.27. The minimum Gasteiger partial charge on any atom is -0.493 e. The van der Waals surface area contributed by atoms with Crippen LogP contribution in [0.15, 0.2) is 48.5 Å². The fourth-order valence-electron chi connectivity index (χ4n) is 2.97. The van der Waals surface area contributed by atoms with Gasteiger partial charge in [0.05, 0.1) is 24.7 Å². The number of rotatable bonds is 6. The second kappa shape index (κ2) is 5.95. The third-order valence-electron chi connectivity index (χ3n) is 4.27. The number of ether oxygens (including phenoxy) is 2. The van der Waals surface area contributed by atoms with Crippen LogP contribution in [-0.4, -0.2) is 23.3 Å². The summed E-state index contributed by atoms with van der Waals surface area (Å²) < 4.78 is 13.6. The highest BCUT2D eigenvalue weighted by Gasteiger charge is 2.29. The van der Waals surface area contributed by atoms with E-state index in [4.69, 9.17) is 14.5 Å². The molecule has 3 aromatic rings. The first-order valence-electron chi connectivity index (χ1n) is 8.08. The van der Waals surface area contributed by atoms with E-state index in [1.807, 2.05) is 30.3 Å². The molecule has 118 valence electrons. The summed E-state index contributed by atoms with van der Waals surface area (Å²) in [7, 11) is 1.66. The summed E-state index contributed by atoms with van der Waals surface area (Å²) in [5, 5.41) is 0. The van der Waals surface area contributed by atoms with Crippen LogP contribution < -0.4 is 9.47 Å². The predicted molar refractivity (Wildman–Crippen MR) is 90.2 cm³/mol. The lowest BCUT2D eigenvalue weighted by Crippen LogP contribution is -2.11. The molecule has 2 aromatic carbocycles. The van der Waals surface area contributed by atoms with Crippen molar-refractivity contribution in [3.63, 3.8) is 0 Å². The van der Waals surface area contributed by atoms with Gasteiger partial charge in [0, 0.05) is 5.92 Å². The van der Waals surface area contributed by atoms with Gasteiger partial charge in [-0.3, -0.25) is 0 Å². The van der Waals surface area contributed by atoms with E-state index in [-0.39, 0.29) is 0 Å². The molecule has 4 heteroatoms. The highest BCUT2D eigenvalue weighted by atomic mass is 16.5. The maximum Gasteiger partial charge on any atom is 0.161 e. The van der Waals surface area contributed by atoms with Gasteiger partial charge in [-0.05, 0) is 37.1 Å². The van der Waals surface area contributed by atoms with Crippen LogP contribution >= 0.6 is 0 Å². The van der Waals surface area contributed by atoms with Gasteiger partial charge in [-0.15, -0.1) is 0 Å². The van der Waals surface area contributed by atoms with Crippen LogP contribution in [-0.2, 0) is 6.54 Å². The maximum absolute atomic E-state index is 5.93. The zero-order valence-corrected chi connectivity index (χ0v) is 13.2. The summed E-state index contributed by atoms with van der Waals surface area (Å²) in [6, 6.07) is 16.1. The van der Waals surface area contributed by atoms with Crippen molar-refractivity contribution in [1.82, 2.24) is 9.55 Å². The molecule has 0 aliphatic heterocycles. The monoisotopic (exact) mass is 308 g/mol. The topological polar surface area (TPSA) is 36.3 Å². The Morgan fingerprint density at radius 3 is 2.57 bits per heavy atom. The zero-order chi connectivity index (χ0) is 15.6. The minimum absolute atomic E-state index is 0.598. The van der Waals surface area contributed by atoms with Gasteiger partial charge in [0.15, 0.2) is 11.5 Å². The molecular formula is C19H20N2O2. The van der Waals surface area contributed by atoms with Gasteiger partial charge in [0.2, 0.25) is 0 Å². The lowest BCUT2D eigenvalue weighted by atomic mass is 10.3. The number of para-hydroxylation sites is 4. The molecule has 1 aliphatic carbocycles. The van der Waals surface area contributed by atoms with Gasteiger partial charge in [-0.25, -0.2) is 4.98 Å². The molecule has 0 N–H and O–H groups in total. The molecular weight excluding hydrogens is 288 g/mol. The van der Waals surface area contributed by atoms with Crippen molar-refractivity contribution in [2.45, 2.75) is 25.3 Å². The molecule has 1 heterocycles. The number of aromatic nitrogens is 2. The van der Waals surface area contributed by atoms with E-state index >= 15 is 0 Å². The van der Waals surface area contributed by atoms with E-state index in [0.29, 0.717) is 12.5 Å². The molecule has 0 unspecified atom stereocenters. The van der Waals surface area contributed by atoms with E-state index in [1.165, 1.54) is 24.2 Å². The molecule has 0 saturated heterocycles. The van der Waals surface area contributed by atoms with Crippen molar-refractivity contribution in [2.75, 3.05) is 13.7 Å². The summed E-state index contributed by atoms with van der Waals surface area (Å²) in [4.78, 5) is 4.82. The Bertz CT molecular complexity index is 821. The molecule has 1 aliphatic rings. The third kappa shape index (κ3) is 2.77. The maximum atomic E-state index is 5.93. The molecule has 0 amide bonds. The fraction of sp³-hybridized carbons (Fsp3) is 0.316. The first-order valence-corrected chi connectivity index (χ1v) is 8.08. The molecule has 1 aromatic heterocycles. The highest BCUT2D eigenvalue weighted by Crippen LogP contribution is 2.40. The molecule has 0 spiro atoms. The van der Waals surface area contributed by atoms with Gasteiger partial charge in [0.25, 0.3) is 0 Å². The standard InChI is InChI=1S/C19H20N2O2/c1-22-17-8-4-5-9-18(17)23-13-12-21-16-7-3-2-6-15(16)20-19(21)14-10-11-14/h2-9,14H,10-13H2,1H3. The zero-order valence-electron chi connectivity index (χ0n) is 13.2. The van der Waals surface area contributed by atoms with Crippen LogP contribution in [0.2, 0.25) is 0 Å². The van der Waals surface area contributed by atoms with E-state index in [0.717, 1.165) is 23.6 Å². The SMILES string of the molecule is COc1ccccc1OCCn1c(C2CC2)nc2ccccc21. The van der Waals surface area contributed by atoms with Crippen LogP contribution in [0.3, 0.4) is 0 Å². The Morgan fingerprint density at radius 2 is 1.78 bits per heavy atom. The largest absolute Gasteiger partial charge is 0.493 e. The molecule has 0 bridgehead atoms. The number of nitrogens with zero attached hydrogens (tertiary/aromatic N) is 2. The Kier molecular flexibility index (Phi) is 3.66. The normalized spacial score (nSPS) is 14.1. The van der Waals surface area contributed by atoms with Gasteiger partial charge >= 0.3 is 0 Å². The number of imidazole rings is 1. The van der Waals surface area contributed by atoms with Crippen molar-refractivity contribution in [2.24, 2.45) is 0 Å². The van der Waals surface area contributed by atoms with Gasteiger partial charge in [0.1, 0.15) is 12.4 Å². The van der Waals surface area contributed by atoms with Crippen LogP contribution in [0.25, 0.3) is 11.0 Å². The molecule has 4 nitrogen and oxygen atoms in total. The van der Waals surface area contributed by atoms with E-state index in [2.05, 4.69) is 22.8 Å². The van der Waals surface area contributed by atoms with Crippen LogP contribution in [0.4, 0.5) is 0 Å². The molecule has 4 rings (SSSR count). The number of benzene rings is 2. The lowest BCUT2D eigenvalue weighted by molar-refractivity contribution is 0.279. The predicted octanol–water partition coefficient (Wildman–Crippen LogP) is 4.00. The second-order valence-electron chi connectivity index (χ2n) is 5.88. The smallest absolute Gasteiger partial charge is 0.161 e. The number of hydrogen-bond acceptors (Lipinski definition) is 3. The van der Waals surface area contributed by atoms with Crippen LogP contribution in [0.5, 0.6) is 11.5 Å². The fourth-order valence-corrected chi connectivity index (χ4v) is 2.97. The molecule has 0 radical (unpaired) electrons. The molecule has 0 atom stereocenters. The van der Waals surface area contributed by atoms with Gasteiger partial charge < -0.3 is 14.0 Å². The molecule has 1 fully saturated rings. The minimum atomic E-state index is 0.598. The Labute approximate surface area is 135 Å². The van der Waals surface area contributed by atoms with Crippen LogP contribution in [0.1, 0.15) is 24.6 Å². The lowest BCUT2D eigenvalue weighted by Gasteiger charge is -2.12. The van der Waals surface area contributed by atoms with Gasteiger partial charge in [-0.2, -0.15) is 0 Å². The number of methoxy groups -OCH3 is 1. The summed E-state index contributed by atoms with van der Waals surface area (Å²) in [6.07, 6.45) is 2.49. The third-order valence-corrected chi connectivity index (χ3v) is 4.27. The first kappa shape index (κ1) is 14.1. The average molecular weight is 308 g/mol. The Hall–Kier alpha value is -2.49. The summed E-state index contributed by atoms with van der Waals surface area (Å²) in [6.45, 7) is 1.39. The summed E-state index contributed by atoms with van der Waals surface area (Å²) in [5.74, 6) is 3.38. The first-order chi connectivity index (χ1) is 11.4. The van der Waals surface area contributed by atoms with Crippen molar-refractivity contribution < 1.29 is 9.47 Å². The van der Waals surface area contributed by atoms with E-state index in [1.54, 1.807) is 7.11 Å². The number of hydrogen-bond donors (Lipinski definition) is 0. The van der Waals surface area contributed by atoms with E-state index < -0.39 is 0 Å². The van der Waals surface area contributed by atoms with Crippen molar-refractivity contribution in [1.29, 1.82) is 0 Å². The second-order valence-corrected chi connectivity index (χ2v) is 5.88. The van der Waals surface area contributed by atoms with Gasteiger partial charge in [-0.1, -0.05) is 24.3 Å². The highest BCUT2D eigenvalue weighted by molar-refractivity contribution is 5.76. The van der Waals surface area contributed by atoms with E-state index in [9.17, 15) is 0 Å². The van der Waals surface area contributed by atoms with Crippen LogP contribution in [0, 0.1) is 0 Å². The molecule has 23 heavy (non-hydrogen) atoms. The quantitative estimate of drug-likeness (QED) is 0.690.